The number of nitrogens with two attached hydrogens (primary N) is 1. The van der Waals surface area contributed by atoms with Gasteiger partial charge in [-0.15, -0.1) is 10.2 Å². The molecule has 3 heterocycles. The van der Waals surface area contributed by atoms with Gasteiger partial charge < -0.3 is 5.73 Å². The number of hydrogen-bond donors (Lipinski definition) is 1. The molecule has 1 aromatic rings. The Morgan fingerprint density at radius 3 is 2.89 bits per heavy atom. The van der Waals surface area contributed by atoms with E-state index in [1.54, 1.807) is 0 Å². The molecule has 0 amide bonds. The molecule has 1 fully saturated rings. The lowest BCUT2D eigenvalue weighted by molar-refractivity contribution is 0.389. The van der Waals surface area contributed by atoms with E-state index in [-0.39, 0.29) is 17.8 Å². The van der Waals surface area contributed by atoms with Crippen molar-refractivity contribution in [3.8, 4) is 0 Å². The number of aryl methyl sites for hydroxylation is 1. The van der Waals surface area contributed by atoms with Gasteiger partial charge in [-0.1, -0.05) is 0 Å². The quantitative estimate of drug-likeness (QED) is 0.820. The fourth-order valence-electron chi connectivity index (χ4n) is 2.94. The molecule has 7 heteroatoms. The van der Waals surface area contributed by atoms with Crippen LogP contribution >= 0.6 is 0 Å². The maximum atomic E-state index is 11.5. The Balaban J connectivity index is 1.80. The summed E-state index contributed by atoms with van der Waals surface area (Å²) in [5.41, 5.74) is 6.08. The fourth-order valence-corrected chi connectivity index (χ4v) is 4.80. The summed E-state index contributed by atoms with van der Waals surface area (Å²) >= 11 is 0. The SMILES string of the molecule is NC1CCCc2nnc(CC3CCS(=O)(=O)C3)n21. The highest BCUT2D eigenvalue weighted by molar-refractivity contribution is 7.91. The van der Waals surface area contributed by atoms with Gasteiger partial charge in [0.05, 0.1) is 17.7 Å². The number of aromatic nitrogens is 3. The van der Waals surface area contributed by atoms with E-state index in [2.05, 4.69) is 10.2 Å². The first-order valence-corrected chi connectivity index (χ1v) is 8.26. The first-order chi connectivity index (χ1) is 8.55. The Morgan fingerprint density at radius 2 is 2.17 bits per heavy atom. The second-order valence-electron chi connectivity index (χ2n) is 5.34. The van der Waals surface area contributed by atoms with Gasteiger partial charge in [0, 0.05) is 12.8 Å². The number of fused-ring (bicyclic) bond motifs is 1. The van der Waals surface area contributed by atoms with Crippen LogP contribution in [0.25, 0.3) is 0 Å². The summed E-state index contributed by atoms with van der Waals surface area (Å²) in [6, 6.07) is 0. The summed E-state index contributed by atoms with van der Waals surface area (Å²) in [5.74, 6) is 2.58. The van der Waals surface area contributed by atoms with E-state index < -0.39 is 9.84 Å². The van der Waals surface area contributed by atoms with Crippen LogP contribution < -0.4 is 5.73 Å². The van der Waals surface area contributed by atoms with Crippen molar-refractivity contribution < 1.29 is 8.42 Å². The summed E-state index contributed by atoms with van der Waals surface area (Å²) in [4.78, 5) is 0. The highest BCUT2D eigenvalue weighted by Gasteiger charge is 2.30. The Kier molecular flexibility index (Phi) is 2.90. The van der Waals surface area contributed by atoms with Crippen molar-refractivity contribution in [1.82, 2.24) is 14.8 Å². The Bertz CT molecular complexity index is 551. The van der Waals surface area contributed by atoms with E-state index in [1.165, 1.54) is 0 Å². The molecule has 1 saturated heterocycles. The minimum Gasteiger partial charge on any atom is -0.311 e. The number of sulfone groups is 1. The second-order valence-corrected chi connectivity index (χ2v) is 7.56. The van der Waals surface area contributed by atoms with Gasteiger partial charge in [0.15, 0.2) is 9.84 Å². The zero-order chi connectivity index (χ0) is 12.8. The van der Waals surface area contributed by atoms with Crippen molar-refractivity contribution >= 4 is 9.84 Å². The zero-order valence-corrected chi connectivity index (χ0v) is 11.1. The van der Waals surface area contributed by atoms with Crippen LogP contribution in [0, 0.1) is 5.92 Å². The number of hydrogen-bond acceptors (Lipinski definition) is 5. The monoisotopic (exact) mass is 270 g/mol. The molecule has 18 heavy (non-hydrogen) atoms. The van der Waals surface area contributed by atoms with E-state index in [1.807, 2.05) is 4.57 Å². The highest BCUT2D eigenvalue weighted by Crippen LogP contribution is 2.26. The summed E-state index contributed by atoms with van der Waals surface area (Å²) in [6.07, 6.45) is 4.29. The molecule has 0 bridgehead atoms. The molecule has 3 rings (SSSR count). The van der Waals surface area contributed by atoms with Crippen LogP contribution in [0.2, 0.25) is 0 Å². The first kappa shape index (κ1) is 12.1. The Hall–Kier alpha value is -0.950. The highest BCUT2D eigenvalue weighted by atomic mass is 32.2. The Labute approximate surface area is 106 Å². The van der Waals surface area contributed by atoms with Crippen LogP contribution in [-0.4, -0.2) is 34.7 Å². The predicted molar refractivity (Wildman–Crippen MR) is 66.6 cm³/mol. The van der Waals surface area contributed by atoms with E-state index in [0.29, 0.717) is 12.2 Å². The molecule has 2 N–H and O–H groups in total. The van der Waals surface area contributed by atoms with Gasteiger partial charge in [-0.2, -0.15) is 0 Å². The molecule has 2 aliphatic heterocycles. The topological polar surface area (TPSA) is 90.9 Å². The smallest absolute Gasteiger partial charge is 0.150 e. The molecule has 2 unspecified atom stereocenters. The van der Waals surface area contributed by atoms with Crippen molar-refractivity contribution in [2.24, 2.45) is 11.7 Å². The van der Waals surface area contributed by atoms with Crippen LogP contribution in [0.4, 0.5) is 0 Å². The Morgan fingerprint density at radius 1 is 1.33 bits per heavy atom. The van der Waals surface area contributed by atoms with E-state index in [0.717, 1.165) is 37.3 Å². The lowest BCUT2D eigenvalue weighted by Gasteiger charge is -2.22. The van der Waals surface area contributed by atoms with Crippen LogP contribution in [0.5, 0.6) is 0 Å². The molecule has 1 aromatic heterocycles. The molecular weight excluding hydrogens is 252 g/mol. The molecule has 2 aliphatic rings. The minimum atomic E-state index is -2.82. The average Bonchev–Trinajstić information content (AvgIpc) is 2.85. The van der Waals surface area contributed by atoms with Gasteiger partial charge in [0.2, 0.25) is 0 Å². The average molecular weight is 270 g/mol. The lowest BCUT2D eigenvalue weighted by Crippen LogP contribution is -2.27. The molecule has 100 valence electrons. The zero-order valence-electron chi connectivity index (χ0n) is 10.2. The van der Waals surface area contributed by atoms with Crippen LogP contribution in [0.3, 0.4) is 0 Å². The number of rotatable bonds is 2. The molecule has 0 saturated carbocycles. The summed E-state index contributed by atoms with van der Waals surface area (Å²) < 4.78 is 24.9. The minimum absolute atomic E-state index is 0.0447. The molecule has 0 radical (unpaired) electrons. The second kappa shape index (κ2) is 4.31. The van der Waals surface area contributed by atoms with Crippen LogP contribution in [0.15, 0.2) is 0 Å². The van der Waals surface area contributed by atoms with Gasteiger partial charge in [-0.3, -0.25) is 4.57 Å². The largest absolute Gasteiger partial charge is 0.311 e. The van der Waals surface area contributed by atoms with Crippen LogP contribution in [0.1, 0.15) is 37.1 Å². The van der Waals surface area contributed by atoms with Crippen molar-refractivity contribution in [2.75, 3.05) is 11.5 Å². The fraction of sp³-hybridized carbons (Fsp3) is 0.818. The van der Waals surface area contributed by atoms with Gasteiger partial charge in [-0.25, -0.2) is 8.42 Å². The van der Waals surface area contributed by atoms with Gasteiger partial charge >= 0.3 is 0 Å². The molecule has 6 nitrogen and oxygen atoms in total. The van der Waals surface area contributed by atoms with Gasteiger partial charge in [-0.05, 0) is 25.2 Å². The number of nitrogens with zero attached hydrogens (tertiary/aromatic N) is 3. The third-order valence-corrected chi connectivity index (χ3v) is 5.70. The maximum absolute atomic E-state index is 11.5. The molecule has 0 aliphatic carbocycles. The van der Waals surface area contributed by atoms with Crippen molar-refractivity contribution in [2.45, 2.75) is 38.3 Å². The summed E-state index contributed by atoms with van der Waals surface area (Å²) in [5, 5.41) is 8.37. The van der Waals surface area contributed by atoms with E-state index in [9.17, 15) is 8.42 Å². The third kappa shape index (κ3) is 2.16. The summed E-state index contributed by atoms with van der Waals surface area (Å²) in [7, 11) is -2.82. The maximum Gasteiger partial charge on any atom is 0.150 e. The summed E-state index contributed by atoms with van der Waals surface area (Å²) in [6.45, 7) is 0. The standard InChI is InChI=1S/C11H18N4O2S/c12-9-2-1-3-10-13-14-11(15(9)10)6-8-4-5-18(16,17)7-8/h8-9H,1-7,12H2. The van der Waals surface area contributed by atoms with Crippen molar-refractivity contribution in [3.63, 3.8) is 0 Å². The molecule has 2 atom stereocenters. The first-order valence-electron chi connectivity index (χ1n) is 6.44. The predicted octanol–water partition coefficient (Wildman–Crippen LogP) is 0.0489. The van der Waals surface area contributed by atoms with Gasteiger partial charge in [0.1, 0.15) is 11.6 Å². The van der Waals surface area contributed by atoms with Crippen LogP contribution in [-0.2, 0) is 22.7 Å². The lowest BCUT2D eigenvalue weighted by atomic mass is 10.0. The van der Waals surface area contributed by atoms with E-state index in [4.69, 9.17) is 5.73 Å². The van der Waals surface area contributed by atoms with E-state index >= 15 is 0 Å². The third-order valence-electron chi connectivity index (χ3n) is 3.87. The normalized spacial score (nSPS) is 30.3. The van der Waals surface area contributed by atoms with Gasteiger partial charge in [0.25, 0.3) is 0 Å². The van der Waals surface area contributed by atoms with Crippen molar-refractivity contribution in [1.29, 1.82) is 0 Å². The van der Waals surface area contributed by atoms with Crippen molar-refractivity contribution in [3.05, 3.63) is 11.6 Å². The molecule has 0 spiro atoms. The molecular formula is C11H18N4O2S. The molecule has 0 aromatic carbocycles.